The fraction of sp³-hybridized carbons (Fsp3) is 0.125. The first-order valence-electron chi connectivity index (χ1n) is 3.48. The van der Waals surface area contributed by atoms with E-state index in [1.807, 2.05) is 13.0 Å². The summed E-state index contributed by atoms with van der Waals surface area (Å²) in [5, 5.41) is 1.60. The SMILES string of the molecule is Cc1[nH]c2ccnc(Cl)c2c1I. The molecule has 0 bridgehead atoms. The molecule has 62 valence electrons. The number of aryl methyl sites for hydroxylation is 1. The van der Waals surface area contributed by atoms with Crippen molar-refractivity contribution < 1.29 is 0 Å². The number of aromatic nitrogens is 2. The van der Waals surface area contributed by atoms with E-state index in [2.05, 4.69) is 32.6 Å². The fourth-order valence-corrected chi connectivity index (χ4v) is 2.29. The van der Waals surface area contributed by atoms with Crippen LogP contribution in [-0.4, -0.2) is 9.97 Å². The van der Waals surface area contributed by atoms with Crippen molar-refractivity contribution in [3.8, 4) is 0 Å². The molecule has 4 heteroatoms. The van der Waals surface area contributed by atoms with Gasteiger partial charge in [-0.05, 0) is 35.6 Å². The van der Waals surface area contributed by atoms with Crippen molar-refractivity contribution in [3.63, 3.8) is 0 Å². The maximum atomic E-state index is 5.94. The highest BCUT2D eigenvalue weighted by atomic mass is 127. The Kier molecular flexibility index (Phi) is 2.00. The third-order valence-electron chi connectivity index (χ3n) is 1.78. The molecule has 0 saturated carbocycles. The van der Waals surface area contributed by atoms with E-state index < -0.39 is 0 Å². The van der Waals surface area contributed by atoms with Crippen LogP contribution in [0.5, 0.6) is 0 Å². The standard InChI is InChI=1S/C8H6ClIN2/c1-4-7(10)6-5(12-4)2-3-11-8(6)9/h2-3,12H,1H3. The van der Waals surface area contributed by atoms with Gasteiger partial charge in [-0.1, -0.05) is 11.6 Å². The lowest BCUT2D eigenvalue weighted by Crippen LogP contribution is -1.75. The summed E-state index contributed by atoms with van der Waals surface area (Å²) in [4.78, 5) is 7.26. The zero-order valence-corrected chi connectivity index (χ0v) is 9.27. The minimum atomic E-state index is 0.571. The molecule has 1 N–H and O–H groups in total. The van der Waals surface area contributed by atoms with Gasteiger partial charge in [0.05, 0.1) is 10.9 Å². The van der Waals surface area contributed by atoms with Gasteiger partial charge in [0.25, 0.3) is 0 Å². The second kappa shape index (κ2) is 2.88. The van der Waals surface area contributed by atoms with Crippen LogP contribution in [-0.2, 0) is 0 Å². The first kappa shape index (κ1) is 8.31. The van der Waals surface area contributed by atoms with Crippen LogP contribution in [0.15, 0.2) is 12.3 Å². The summed E-state index contributed by atoms with van der Waals surface area (Å²) in [5.41, 5.74) is 2.19. The molecular formula is C8H6ClIN2. The molecule has 2 aromatic heterocycles. The van der Waals surface area contributed by atoms with Crippen LogP contribution in [0.4, 0.5) is 0 Å². The number of nitrogens with one attached hydrogen (secondary N) is 1. The lowest BCUT2D eigenvalue weighted by atomic mass is 10.3. The molecule has 0 amide bonds. The number of H-pyrrole nitrogens is 1. The van der Waals surface area contributed by atoms with Crippen molar-refractivity contribution in [3.05, 3.63) is 26.7 Å². The van der Waals surface area contributed by atoms with E-state index in [1.54, 1.807) is 6.20 Å². The minimum absolute atomic E-state index is 0.571. The van der Waals surface area contributed by atoms with E-state index in [-0.39, 0.29) is 0 Å². The average molecular weight is 293 g/mol. The predicted molar refractivity (Wildman–Crippen MR) is 58.6 cm³/mol. The van der Waals surface area contributed by atoms with Crippen LogP contribution in [0.2, 0.25) is 5.15 Å². The number of hydrogen-bond donors (Lipinski definition) is 1. The highest BCUT2D eigenvalue weighted by molar-refractivity contribution is 14.1. The number of nitrogens with zero attached hydrogens (tertiary/aromatic N) is 1. The van der Waals surface area contributed by atoms with Gasteiger partial charge in [-0.2, -0.15) is 0 Å². The molecule has 0 atom stereocenters. The fourth-order valence-electron chi connectivity index (χ4n) is 1.19. The molecule has 0 spiro atoms. The minimum Gasteiger partial charge on any atom is -0.358 e. The van der Waals surface area contributed by atoms with Gasteiger partial charge in [0.15, 0.2) is 0 Å². The molecule has 2 nitrogen and oxygen atoms in total. The van der Waals surface area contributed by atoms with E-state index in [0.29, 0.717) is 5.15 Å². The number of pyridine rings is 1. The summed E-state index contributed by atoms with van der Waals surface area (Å²) >= 11 is 8.21. The van der Waals surface area contributed by atoms with Crippen molar-refractivity contribution in [1.29, 1.82) is 0 Å². The van der Waals surface area contributed by atoms with E-state index in [4.69, 9.17) is 11.6 Å². The Morgan fingerprint density at radius 1 is 1.58 bits per heavy atom. The molecule has 0 saturated heterocycles. The van der Waals surface area contributed by atoms with E-state index in [9.17, 15) is 0 Å². The zero-order valence-electron chi connectivity index (χ0n) is 6.36. The molecule has 2 aromatic rings. The lowest BCUT2D eigenvalue weighted by Gasteiger charge is -1.91. The molecule has 0 aliphatic heterocycles. The highest BCUT2D eigenvalue weighted by Crippen LogP contribution is 2.28. The highest BCUT2D eigenvalue weighted by Gasteiger charge is 2.08. The van der Waals surface area contributed by atoms with Crippen molar-refractivity contribution in [2.75, 3.05) is 0 Å². The lowest BCUT2D eigenvalue weighted by molar-refractivity contribution is 1.28. The first-order chi connectivity index (χ1) is 5.70. The van der Waals surface area contributed by atoms with E-state index in [1.165, 1.54) is 0 Å². The molecule has 2 heterocycles. The third kappa shape index (κ3) is 1.11. The first-order valence-corrected chi connectivity index (χ1v) is 4.94. The molecular weight excluding hydrogens is 286 g/mol. The third-order valence-corrected chi connectivity index (χ3v) is 3.41. The van der Waals surface area contributed by atoms with Crippen LogP contribution in [0, 0.1) is 10.5 Å². The largest absolute Gasteiger partial charge is 0.358 e. The second-order valence-corrected chi connectivity index (χ2v) is 4.03. The summed E-state index contributed by atoms with van der Waals surface area (Å²) in [5.74, 6) is 0. The van der Waals surface area contributed by atoms with E-state index >= 15 is 0 Å². The molecule has 12 heavy (non-hydrogen) atoms. The molecule has 0 fully saturated rings. The van der Waals surface area contributed by atoms with Gasteiger partial charge in [0.1, 0.15) is 5.15 Å². The molecule has 0 aromatic carbocycles. The Morgan fingerprint density at radius 2 is 2.33 bits per heavy atom. The Morgan fingerprint density at radius 3 is 3.00 bits per heavy atom. The quantitative estimate of drug-likeness (QED) is 0.586. The summed E-state index contributed by atoms with van der Waals surface area (Å²) in [7, 11) is 0. The van der Waals surface area contributed by atoms with Crippen molar-refractivity contribution in [2.24, 2.45) is 0 Å². The van der Waals surface area contributed by atoms with Gasteiger partial charge in [0, 0.05) is 15.5 Å². The molecule has 2 rings (SSSR count). The molecule has 0 aliphatic carbocycles. The number of fused-ring (bicyclic) bond motifs is 1. The second-order valence-electron chi connectivity index (χ2n) is 2.59. The summed E-state index contributed by atoms with van der Waals surface area (Å²) < 4.78 is 1.15. The molecule has 0 aliphatic rings. The smallest absolute Gasteiger partial charge is 0.139 e. The predicted octanol–water partition coefficient (Wildman–Crippen LogP) is 3.13. The topological polar surface area (TPSA) is 28.7 Å². The van der Waals surface area contributed by atoms with Gasteiger partial charge in [-0.15, -0.1) is 0 Å². The maximum absolute atomic E-state index is 5.94. The summed E-state index contributed by atoms with van der Waals surface area (Å²) in [6.07, 6.45) is 1.71. The summed E-state index contributed by atoms with van der Waals surface area (Å²) in [6, 6.07) is 1.93. The van der Waals surface area contributed by atoms with Gasteiger partial charge in [-0.3, -0.25) is 0 Å². The summed E-state index contributed by atoms with van der Waals surface area (Å²) in [6.45, 7) is 2.03. The zero-order chi connectivity index (χ0) is 8.72. The van der Waals surface area contributed by atoms with Crippen LogP contribution < -0.4 is 0 Å². The van der Waals surface area contributed by atoms with Gasteiger partial charge in [0.2, 0.25) is 0 Å². The number of aromatic amines is 1. The molecule has 0 radical (unpaired) electrons. The van der Waals surface area contributed by atoms with Crippen LogP contribution >= 0.6 is 34.2 Å². The van der Waals surface area contributed by atoms with Crippen LogP contribution in [0.25, 0.3) is 10.9 Å². The Hall–Kier alpha value is -0.290. The van der Waals surface area contributed by atoms with Crippen molar-refractivity contribution >= 4 is 45.1 Å². The number of halogens is 2. The normalized spacial score (nSPS) is 10.9. The number of rotatable bonds is 0. The van der Waals surface area contributed by atoms with Gasteiger partial charge in [-0.25, -0.2) is 4.98 Å². The van der Waals surface area contributed by atoms with Gasteiger partial charge >= 0.3 is 0 Å². The van der Waals surface area contributed by atoms with Crippen LogP contribution in [0.3, 0.4) is 0 Å². The Labute approximate surface area is 88.5 Å². The molecule has 0 unspecified atom stereocenters. The maximum Gasteiger partial charge on any atom is 0.139 e. The number of hydrogen-bond acceptors (Lipinski definition) is 1. The van der Waals surface area contributed by atoms with Crippen LogP contribution in [0.1, 0.15) is 5.69 Å². The van der Waals surface area contributed by atoms with Crippen molar-refractivity contribution in [2.45, 2.75) is 6.92 Å². The monoisotopic (exact) mass is 292 g/mol. The Balaban J connectivity index is 2.97. The van der Waals surface area contributed by atoms with Crippen molar-refractivity contribution in [1.82, 2.24) is 9.97 Å². The average Bonchev–Trinajstić information content (AvgIpc) is 2.29. The van der Waals surface area contributed by atoms with E-state index in [0.717, 1.165) is 20.2 Å². The van der Waals surface area contributed by atoms with Gasteiger partial charge < -0.3 is 4.98 Å². The Bertz CT molecular complexity index is 436.